The Morgan fingerprint density at radius 3 is 2.48 bits per heavy atom. The van der Waals surface area contributed by atoms with Crippen molar-refractivity contribution in [2.45, 2.75) is 25.2 Å². The molecule has 0 spiro atoms. The summed E-state index contributed by atoms with van der Waals surface area (Å²) in [6.07, 6.45) is 5.24. The Hall–Kier alpha value is -3.70. The van der Waals surface area contributed by atoms with Gasteiger partial charge in [-0.3, -0.25) is 20.1 Å². The molecule has 1 aliphatic carbocycles. The minimum Gasteiger partial charge on any atom is -0.507 e. The van der Waals surface area contributed by atoms with Crippen LogP contribution in [-0.4, -0.2) is 21.7 Å². The molecule has 0 saturated heterocycles. The van der Waals surface area contributed by atoms with E-state index >= 15 is 0 Å². The van der Waals surface area contributed by atoms with Crippen molar-refractivity contribution >= 4 is 34.7 Å². The highest BCUT2D eigenvalue weighted by Gasteiger charge is 2.43. The normalized spacial score (nSPS) is 20.0. The SMILES string of the molecule is N=C1C(=C(O)c2ccc(Cl)cc2)[C@@H](c2cccnc2)C2=C(CCCC2=O)N1c1ccccc1. The number of aromatic nitrogens is 1. The minimum absolute atomic E-state index is 0.0416. The summed E-state index contributed by atoms with van der Waals surface area (Å²) >= 11 is 6.06. The zero-order valence-corrected chi connectivity index (χ0v) is 18.6. The molecule has 0 bridgehead atoms. The third-order valence-corrected chi connectivity index (χ3v) is 6.41. The Bertz CT molecular complexity index is 1280. The first-order chi connectivity index (χ1) is 16.1. The molecule has 1 aliphatic heterocycles. The third kappa shape index (κ3) is 3.74. The van der Waals surface area contributed by atoms with Crippen LogP contribution in [0.2, 0.25) is 5.02 Å². The Morgan fingerprint density at radius 2 is 1.79 bits per heavy atom. The molecule has 0 radical (unpaired) electrons. The number of nitrogens with zero attached hydrogens (tertiary/aromatic N) is 2. The van der Waals surface area contributed by atoms with E-state index in [1.165, 1.54) is 0 Å². The van der Waals surface area contributed by atoms with Crippen LogP contribution in [0.5, 0.6) is 0 Å². The van der Waals surface area contributed by atoms with Crippen molar-refractivity contribution < 1.29 is 9.90 Å². The molecule has 2 heterocycles. The summed E-state index contributed by atoms with van der Waals surface area (Å²) in [4.78, 5) is 19.4. The molecule has 164 valence electrons. The fourth-order valence-electron chi connectivity index (χ4n) is 4.70. The molecule has 0 saturated carbocycles. The smallest absolute Gasteiger partial charge is 0.161 e. The predicted molar refractivity (Wildman–Crippen MR) is 131 cm³/mol. The Balaban J connectivity index is 1.82. The molecule has 2 aliphatic rings. The Kier molecular flexibility index (Phi) is 5.56. The number of para-hydroxylation sites is 1. The van der Waals surface area contributed by atoms with Gasteiger partial charge in [0.25, 0.3) is 0 Å². The van der Waals surface area contributed by atoms with Gasteiger partial charge in [-0.1, -0.05) is 35.9 Å². The van der Waals surface area contributed by atoms with Gasteiger partial charge in [-0.15, -0.1) is 0 Å². The van der Waals surface area contributed by atoms with Crippen molar-refractivity contribution in [2.24, 2.45) is 0 Å². The Morgan fingerprint density at radius 1 is 1.03 bits per heavy atom. The van der Waals surface area contributed by atoms with Gasteiger partial charge in [-0.25, -0.2) is 0 Å². The molecule has 5 nitrogen and oxygen atoms in total. The lowest BCUT2D eigenvalue weighted by Crippen LogP contribution is -2.42. The van der Waals surface area contributed by atoms with Crippen LogP contribution in [0.25, 0.3) is 5.76 Å². The predicted octanol–water partition coefficient (Wildman–Crippen LogP) is 6.29. The van der Waals surface area contributed by atoms with Crippen LogP contribution in [0, 0.1) is 5.41 Å². The molecule has 2 N–H and O–H groups in total. The van der Waals surface area contributed by atoms with Crippen LogP contribution in [0.4, 0.5) is 5.69 Å². The maximum atomic E-state index is 13.3. The first-order valence-electron chi connectivity index (χ1n) is 10.9. The van der Waals surface area contributed by atoms with Crippen molar-refractivity contribution in [1.29, 1.82) is 5.41 Å². The average Bonchev–Trinajstić information content (AvgIpc) is 2.84. The number of anilines is 1. The molecule has 1 aromatic heterocycles. The number of rotatable bonds is 3. The third-order valence-electron chi connectivity index (χ3n) is 6.16. The number of pyridine rings is 1. The van der Waals surface area contributed by atoms with Gasteiger partial charge in [-0.2, -0.15) is 0 Å². The van der Waals surface area contributed by atoms with Gasteiger partial charge < -0.3 is 5.11 Å². The topological polar surface area (TPSA) is 77.3 Å². The van der Waals surface area contributed by atoms with Crippen molar-refractivity contribution in [3.63, 3.8) is 0 Å². The number of carbonyl (C=O) groups is 1. The first kappa shape index (κ1) is 21.2. The van der Waals surface area contributed by atoms with E-state index in [9.17, 15) is 15.3 Å². The number of aliphatic hydroxyl groups excluding tert-OH is 1. The number of hydrogen-bond donors (Lipinski definition) is 2. The van der Waals surface area contributed by atoms with Gasteiger partial charge in [0.1, 0.15) is 11.6 Å². The van der Waals surface area contributed by atoms with Crippen LogP contribution < -0.4 is 4.90 Å². The number of carbonyl (C=O) groups excluding carboxylic acids is 1. The maximum Gasteiger partial charge on any atom is 0.161 e. The zero-order chi connectivity index (χ0) is 22.9. The summed E-state index contributed by atoms with van der Waals surface area (Å²) in [7, 11) is 0. The summed E-state index contributed by atoms with van der Waals surface area (Å²) in [5, 5.41) is 21.3. The number of hydrogen-bond acceptors (Lipinski definition) is 4. The highest BCUT2D eigenvalue weighted by Crippen LogP contribution is 2.47. The Labute approximate surface area is 197 Å². The van der Waals surface area contributed by atoms with Gasteiger partial charge in [-0.05, 0) is 60.9 Å². The largest absolute Gasteiger partial charge is 0.507 e. The quantitative estimate of drug-likeness (QED) is 0.455. The monoisotopic (exact) mass is 455 g/mol. The van der Waals surface area contributed by atoms with E-state index in [0.717, 1.165) is 23.4 Å². The van der Waals surface area contributed by atoms with Crippen LogP contribution in [0.3, 0.4) is 0 Å². The fourth-order valence-corrected chi connectivity index (χ4v) is 4.82. The molecule has 0 amide bonds. The highest BCUT2D eigenvalue weighted by atomic mass is 35.5. The number of ketones is 1. The number of nitrogens with one attached hydrogen (secondary N) is 1. The van der Waals surface area contributed by atoms with Crippen LogP contribution in [0.1, 0.15) is 36.3 Å². The van der Waals surface area contributed by atoms with Gasteiger partial charge in [0, 0.05) is 57.8 Å². The number of amidine groups is 1. The summed E-state index contributed by atoms with van der Waals surface area (Å²) in [6.45, 7) is 0. The van der Waals surface area contributed by atoms with Gasteiger partial charge in [0.2, 0.25) is 0 Å². The van der Waals surface area contributed by atoms with Gasteiger partial charge in [0.05, 0.1) is 0 Å². The molecule has 6 heteroatoms. The fraction of sp³-hybridized carbons (Fsp3) is 0.148. The highest BCUT2D eigenvalue weighted by molar-refractivity contribution is 6.30. The average molecular weight is 456 g/mol. The van der Waals surface area contributed by atoms with Gasteiger partial charge >= 0.3 is 0 Å². The van der Waals surface area contributed by atoms with Gasteiger partial charge in [0.15, 0.2) is 5.78 Å². The number of aliphatic hydroxyl groups is 1. The second kappa shape index (κ2) is 8.68. The first-order valence-corrected chi connectivity index (χ1v) is 11.2. The standard InChI is InChI=1S/C27H22ClN3O2/c28-19-13-11-17(12-14-19)26(33)25-23(18-6-5-15-30-16-18)24-21(9-4-10-22(24)32)31(27(25)29)20-7-2-1-3-8-20/h1-3,5-8,11-16,23,29,33H,4,9-10H2/t23-/m0/s1. The van der Waals surface area contributed by atoms with Crippen molar-refractivity contribution in [1.82, 2.24) is 4.98 Å². The lowest BCUT2D eigenvalue weighted by molar-refractivity contribution is -0.116. The lowest BCUT2D eigenvalue weighted by Gasteiger charge is -2.41. The van der Waals surface area contributed by atoms with E-state index in [0.29, 0.717) is 34.6 Å². The molecule has 0 unspecified atom stereocenters. The number of allylic oxidation sites excluding steroid dienone is 2. The summed E-state index contributed by atoms with van der Waals surface area (Å²) in [6, 6.07) is 20.1. The molecule has 33 heavy (non-hydrogen) atoms. The van der Waals surface area contributed by atoms with E-state index in [1.54, 1.807) is 41.6 Å². The van der Waals surface area contributed by atoms with Crippen molar-refractivity contribution in [3.8, 4) is 0 Å². The molecule has 2 aromatic carbocycles. The molecular formula is C27H22ClN3O2. The van der Waals surface area contributed by atoms with Crippen molar-refractivity contribution in [3.05, 3.63) is 112 Å². The van der Waals surface area contributed by atoms with E-state index in [-0.39, 0.29) is 17.4 Å². The summed E-state index contributed by atoms with van der Waals surface area (Å²) in [5.74, 6) is -0.433. The number of Topliss-reactive ketones (excluding diaryl/α,β-unsaturated/α-hetero) is 1. The lowest BCUT2D eigenvalue weighted by atomic mass is 9.74. The minimum atomic E-state index is -0.579. The van der Waals surface area contributed by atoms with E-state index in [2.05, 4.69) is 4.98 Å². The maximum absolute atomic E-state index is 13.3. The number of halogens is 1. The van der Waals surface area contributed by atoms with Crippen LogP contribution in [0.15, 0.2) is 96.0 Å². The zero-order valence-electron chi connectivity index (χ0n) is 17.8. The molecule has 1 atom stereocenters. The van der Waals surface area contributed by atoms with Crippen LogP contribution >= 0.6 is 11.6 Å². The molecular weight excluding hydrogens is 434 g/mol. The van der Waals surface area contributed by atoms with E-state index in [4.69, 9.17) is 11.6 Å². The van der Waals surface area contributed by atoms with Crippen molar-refractivity contribution in [2.75, 3.05) is 4.90 Å². The molecule has 5 rings (SSSR count). The summed E-state index contributed by atoms with van der Waals surface area (Å²) in [5.41, 5.74) is 3.93. The van der Waals surface area contributed by atoms with Crippen LogP contribution in [-0.2, 0) is 4.79 Å². The van der Waals surface area contributed by atoms with E-state index < -0.39 is 5.92 Å². The molecule has 3 aromatic rings. The number of benzene rings is 2. The molecule has 0 fully saturated rings. The second-order valence-electron chi connectivity index (χ2n) is 8.15. The second-order valence-corrected chi connectivity index (χ2v) is 8.58. The van der Waals surface area contributed by atoms with E-state index in [1.807, 2.05) is 42.5 Å². The summed E-state index contributed by atoms with van der Waals surface area (Å²) < 4.78 is 0.